The van der Waals surface area contributed by atoms with E-state index in [4.69, 9.17) is 4.74 Å². The van der Waals surface area contributed by atoms with E-state index in [9.17, 15) is 0 Å². The zero-order valence-corrected chi connectivity index (χ0v) is 12.0. The quantitative estimate of drug-likeness (QED) is 0.777. The average Bonchev–Trinajstić information content (AvgIpc) is 2.55. The van der Waals surface area contributed by atoms with Gasteiger partial charge in [0, 0.05) is 6.04 Å². The summed E-state index contributed by atoms with van der Waals surface area (Å²) < 4.78 is 8.90. The second kappa shape index (κ2) is 5.84. The average molecular weight is 322 g/mol. The lowest BCUT2D eigenvalue weighted by molar-refractivity contribution is 0.0598. The molecule has 15 heavy (non-hydrogen) atoms. The van der Waals surface area contributed by atoms with Gasteiger partial charge in [-0.25, -0.2) is 0 Å². The Morgan fingerprint density at radius 1 is 1.47 bits per heavy atom. The van der Waals surface area contributed by atoms with Crippen molar-refractivity contribution in [2.24, 2.45) is 0 Å². The number of aromatic nitrogens is 2. The van der Waals surface area contributed by atoms with E-state index in [0.29, 0.717) is 12.6 Å². The molecule has 1 atom stereocenters. The molecule has 0 aliphatic heterocycles. The maximum atomic E-state index is 5.64. The summed E-state index contributed by atoms with van der Waals surface area (Å²) >= 11 is 2.31. The van der Waals surface area contributed by atoms with Crippen LogP contribution in [-0.2, 0) is 11.3 Å². The summed E-state index contributed by atoms with van der Waals surface area (Å²) in [6, 6.07) is 0.444. The van der Waals surface area contributed by atoms with E-state index in [2.05, 4.69) is 60.1 Å². The first-order valence-electron chi connectivity index (χ1n) is 5.39. The highest BCUT2D eigenvalue weighted by atomic mass is 127. The van der Waals surface area contributed by atoms with Crippen LogP contribution in [0.5, 0.6) is 0 Å². The standard InChI is InChI=1S/C11H19IN2O/c1-5-9(4)14-11(7-15-8(2)3)10(12)6-13-14/h6,8-9H,5,7H2,1-4H3. The highest BCUT2D eigenvalue weighted by Gasteiger charge is 2.13. The first kappa shape index (κ1) is 13.0. The molecule has 0 aromatic carbocycles. The largest absolute Gasteiger partial charge is 0.372 e. The molecular formula is C11H19IN2O. The fraction of sp³-hybridized carbons (Fsp3) is 0.727. The van der Waals surface area contributed by atoms with Crippen molar-refractivity contribution >= 4 is 22.6 Å². The Morgan fingerprint density at radius 2 is 2.13 bits per heavy atom. The zero-order chi connectivity index (χ0) is 11.4. The van der Waals surface area contributed by atoms with Crippen molar-refractivity contribution in [2.45, 2.75) is 52.9 Å². The molecule has 0 N–H and O–H groups in total. The van der Waals surface area contributed by atoms with Crippen LogP contribution in [0.1, 0.15) is 45.9 Å². The van der Waals surface area contributed by atoms with Crippen molar-refractivity contribution < 1.29 is 4.74 Å². The molecule has 3 nitrogen and oxygen atoms in total. The molecule has 0 saturated carbocycles. The monoisotopic (exact) mass is 322 g/mol. The van der Waals surface area contributed by atoms with Gasteiger partial charge in [-0.1, -0.05) is 6.92 Å². The number of nitrogens with zero attached hydrogens (tertiary/aromatic N) is 2. The summed E-state index contributed by atoms with van der Waals surface area (Å²) in [5.74, 6) is 0. The molecule has 0 fully saturated rings. The fourth-order valence-corrected chi connectivity index (χ4v) is 1.83. The molecule has 4 heteroatoms. The highest BCUT2D eigenvalue weighted by molar-refractivity contribution is 14.1. The van der Waals surface area contributed by atoms with Crippen LogP contribution in [0.4, 0.5) is 0 Å². The number of hydrogen-bond acceptors (Lipinski definition) is 2. The van der Waals surface area contributed by atoms with Gasteiger partial charge in [-0.2, -0.15) is 5.10 Å². The van der Waals surface area contributed by atoms with Crippen LogP contribution in [0, 0.1) is 3.57 Å². The van der Waals surface area contributed by atoms with Gasteiger partial charge in [-0.3, -0.25) is 4.68 Å². The van der Waals surface area contributed by atoms with Crippen LogP contribution in [0.25, 0.3) is 0 Å². The van der Waals surface area contributed by atoms with Gasteiger partial charge in [-0.05, 0) is 49.8 Å². The smallest absolute Gasteiger partial charge is 0.0899 e. The first-order valence-corrected chi connectivity index (χ1v) is 6.47. The third-order valence-corrected chi connectivity index (χ3v) is 3.31. The Morgan fingerprint density at radius 3 is 2.67 bits per heavy atom. The van der Waals surface area contributed by atoms with Crippen LogP contribution in [0.3, 0.4) is 0 Å². The molecule has 86 valence electrons. The molecule has 0 aliphatic carbocycles. The Balaban J connectivity index is 2.79. The van der Waals surface area contributed by atoms with E-state index in [1.807, 2.05) is 6.20 Å². The van der Waals surface area contributed by atoms with Gasteiger partial charge in [0.15, 0.2) is 0 Å². The van der Waals surface area contributed by atoms with E-state index < -0.39 is 0 Å². The molecule has 0 amide bonds. The Hall–Kier alpha value is -0.100. The van der Waals surface area contributed by atoms with Crippen molar-refractivity contribution in [2.75, 3.05) is 0 Å². The maximum absolute atomic E-state index is 5.64. The second-order valence-electron chi connectivity index (χ2n) is 4.00. The molecule has 0 bridgehead atoms. The first-order chi connectivity index (χ1) is 7.06. The summed E-state index contributed by atoms with van der Waals surface area (Å²) in [5.41, 5.74) is 1.19. The van der Waals surface area contributed by atoms with Gasteiger partial charge in [0.2, 0.25) is 0 Å². The normalized spacial score (nSPS) is 13.5. The lowest BCUT2D eigenvalue weighted by Crippen LogP contribution is -2.13. The lowest BCUT2D eigenvalue weighted by Gasteiger charge is -2.15. The minimum Gasteiger partial charge on any atom is -0.372 e. The van der Waals surface area contributed by atoms with Gasteiger partial charge in [0.1, 0.15) is 0 Å². The predicted molar refractivity (Wildman–Crippen MR) is 69.9 cm³/mol. The van der Waals surface area contributed by atoms with Gasteiger partial charge < -0.3 is 4.74 Å². The number of halogens is 1. The third kappa shape index (κ3) is 3.45. The molecular weight excluding hydrogens is 303 g/mol. The van der Waals surface area contributed by atoms with E-state index >= 15 is 0 Å². The van der Waals surface area contributed by atoms with Crippen molar-refractivity contribution in [3.63, 3.8) is 0 Å². The molecule has 1 heterocycles. The minimum absolute atomic E-state index is 0.265. The molecule has 0 saturated heterocycles. The number of rotatable bonds is 5. The van der Waals surface area contributed by atoms with E-state index in [-0.39, 0.29) is 6.10 Å². The molecule has 1 rings (SSSR count). The van der Waals surface area contributed by atoms with Crippen LogP contribution < -0.4 is 0 Å². The van der Waals surface area contributed by atoms with Gasteiger partial charge in [0.05, 0.1) is 28.2 Å². The topological polar surface area (TPSA) is 27.1 Å². The predicted octanol–water partition coefficient (Wildman–Crippen LogP) is 3.38. The third-order valence-electron chi connectivity index (χ3n) is 2.41. The van der Waals surface area contributed by atoms with Gasteiger partial charge in [-0.15, -0.1) is 0 Å². The van der Waals surface area contributed by atoms with Crippen molar-refractivity contribution in [3.8, 4) is 0 Å². The van der Waals surface area contributed by atoms with Crippen LogP contribution in [0.2, 0.25) is 0 Å². The fourth-order valence-electron chi connectivity index (χ4n) is 1.30. The zero-order valence-electron chi connectivity index (χ0n) is 9.83. The van der Waals surface area contributed by atoms with E-state index in [1.54, 1.807) is 0 Å². The van der Waals surface area contributed by atoms with Crippen LogP contribution in [-0.4, -0.2) is 15.9 Å². The van der Waals surface area contributed by atoms with Crippen molar-refractivity contribution in [3.05, 3.63) is 15.5 Å². The van der Waals surface area contributed by atoms with Crippen LogP contribution in [0.15, 0.2) is 6.20 Å². The molecule has 0 aliphatic rings. The van der Waals surface area contributed by atoms with Crippen molar-refractivity contribution in [1.29, 1.82) is 0 Å². The molecule has 1 aromatic heterocycles. The molecule has 0 radical (unpaired) electrons. The van der Waals surface area contributed by atoms with E-state index in [0.717, 1.165) is 6.42 Å². The Kier molecular flexibility index (Phi) is 5.05. The summed E-state index contributed by atoms with van der Waals surface area (Å²) in [7, 11) is 0. The lowest BCUT2D eigenvalue weighted by atomic mass is 10.2. The molecule has 1 aromatic rings. The highest BCUT2D eigenvalue weighted by Crippen LogP contribution is 2.19. The molecule has 0 spiro atoms. The summed E-state index contributed by atoms with van der Waals surface area (Å²) in [6.45, 7) is 9.11. The van der Waals surface area contributed by atoms with Gasteiger partial charge >= 0.3 is 0 Å². The Labute approximate surface area is 105 Å². The Bertz CT molecular complexity index is 310. The SMILES string of the molecule is CCC(C)n1ncc(I)c1COC(C)C. The second-order valence-corrected chi connectivity index (χ2v) is 5.16. The van der Waals surface area contributed by atoms with Gasteiger partial charge in [0.25, 0.3) is 0 Å². The van der Waals surface area contributed by atoms with Crippen LogP contribution >= 0.6 is 22.6 Å². The number of ether oxygens (including phenoxy) is 1. The maximum Gasteiger partial charge on any atom is 0.0899 e. The summed E-state index contributed by atoms with van der Waals surface area (Å²) in [5, 5.41) is 4.39. The number of hydrogen-bond donors (Lipinski definition) is 0. The molecule has 1 unspecified atom stereocenters. The minimum atomic E-state index is 0.265. The summed E-state index contributed by atoms with van der Waals surface area (Å²) in [4.78, 5) is 0. The van der Waals surface area contributed by atoms with Crippen molar-refractivity contribution in [1.82, 2.24) is 9.78 Å². The summed E-state index contributed by atoms with van der Waals surface area (Å²) in [6.07, 6.45) is 3.26. The van der Waals surface area contributed by atoms with E-state index in [1.165, 1.54) is 9.26 Å².